The number of aliphatic hydroxyl groups is 2. The number of hydrogen-bond acceptors (Lipinski definition) is 16. The van der Waals surface area contributed by atoms with E-state index in [0.717, 1.165) is 13.1 Å². The Morgan fingerprint density at radius 3 is 2.31 bits per heavy atom. The lowest BCUT2D eigenvalue weighted by atomic mass is 9.78. The Bertz CT molecular complexity index is 2670. The van der Waals surface area contributed by atoms with Crippen LogP contribution in [0.1, 0.15) is 64.4 Å². The molecule has 2 aromatic rings. The summed E-state index contributed by atoms with van der Waals surface area (Å²) in [6.07, 6.45) is 3.48. The van der Waals surface area contributed by atoms with Crippen molar-refractivity contribution < 1.29 is 58.2 Å². The van der Waals surface area contributed by atoms with Crippen LogP contribution in [0.3, 0.4) is 0 Å². The molecule has 4 heterocycles. The largest absolute Gasteiger partial charge is 0.507 e. The normalized spacial score (nSPS) is 30.2. The molecule has 4 aliphatic heterocycles. The number of amides is 1. The van der Waals surface area contributed by atoms with Crippen molar-refractivity contribution in [2.75, 3.05) is 50.6 Å². The summed E-state index contributed by atoms with van der Waals surface area (Å²) in [6, 6.07) is 3.24. The number of rotatable bonds is 3. The Labute approximate surface area is 376 Å². The summed E-state index contributed by atoms with van der Waals surface area (Å²) in [5.74, 6) is -7.82. The van der Waals surface area contributed by atoms with Gasteiger partial charge in [-0.15, -0.1) is 0 Å². The molecule has 65 heavy (non-hydrogen) atoms. The van der Waals surface area contributed by atoms with Gasteiger partial charge < -0.3 is 58.9 Å². The van der Waals surface area contributed by atoms with Crippen LogP contribution in [-0.2, 0) is 23.8 Å². The number of carbonyl (C=O) groups is 3. The molecule has 1 amide bonds. The van der Waals surface area contributed by atoms with Gasteiger partial charge in [0.25, 0.3) is 11.7 Å². The van der Waals surface area contributed by atoms with Gasteiger partial charge >= 0.3 is 11.8 Å². The molecule has 4 bridgehead atoms. The third-order valence-corrected chi connectivity index (χ3v) is 13.3. The van der Waals surface area contributed by atoms with Crippen LogP contribution in [0.4, 0.5) is 11.4 Å². The summed E-state index contributed by atoms with van der Waals surface area (Å²) in [6.45, 7) is 15.4. The summed E-state index contributed by atoms with van der Waals surface area (Å²) in [5, 5.41) is 48.5. The van der Waals surface area contributed by atoms with Gasteiger partial charge in [0.2, 0.25) is 5.43 Å². The standard InChI is InChI=1S/C48H58N4O13/c1-22-12-11-13-23(2)47(60)50-38-42(58)34-33(37-45(38)64-32-21-29(20-30(54)36(32)49-37)52-17-15-51(9)16-18-52)35-44(27(6)41(34)57)65-48(8,46(35)59)62-19-14-31(61-10)24(3)43(63-28(7)53)26(5)40(56)25(4)39(22)55/h11-14,19-22,24-26,31,39-40,43,54-57H,15-18H2,1-10H3,(H,50,60)/b12-11+,19-14+,23-13-/t22-,24+,25+,26+,31-,39-,40+,43+,48-/m0/s1. The second-order valence-corrected chi connectivity index (χ2v) is 17.8. The average molecular weight is 899 g/mol. The maximum absolute atomic E-state index is 14.8. The molecule has 5 N–H and O–H groups in total. The number of piperazine rings is 1. The zero-order chi connectivity index (χ0) is 47.4. The Morgan fingerprint density at radius 2 is 1.65 bits per heavy atom. The molecule has 7 rings (SSSR count). The Balaban J connectivity index is 1.45. The highest BCUT2D eigenvalue weighted by Gasteiger charge is 2.50. The van der Waals surface area contributed by atoms with E-state index in [1.165, 1.54) is 53.2 Å². The maximum atomic E-state index is 14.8. The van der Waals surface area contributed by atoms with Crippen molar-refractivity contribution in [3.63, 3.8) is 0 Å². The van der Waals surface area contributed by atoms with Gasteiger partial charge in [0.05, 0.1) is 35.5 Å². The number of aromatic nitrogens is 1. The maximum Gasteiger partial charge on any atom is 0.312 e. The molecule has 1 fully saturated rings. The number of nitrogens with zero attached hydrogens (tertiary/aromatic N) is 3. The highest BCUT2D eigenvalue weighted by Crippen LogP contribution is 2.51. The zero-order valence-corrected chi connectivity index (χ0v) is 38.3. The SMILES string of the molecule is CO[C@H]1/C=C/O[C@@]2(C)Oc3c(C)c(O)c4c(=O)c(c5oc6cc(N7CCN(C)CC7)cc(O)c6nc-5c4c3C2=O)NC(=O)/C(C)=C\C=C\[C@H](C)[C@H](O)[C@@H](C)[C@@H](O)[C@@H](C)[C@H](OC(C)=O)[C@@H]1C. The Kier molecular flexibility index (Phi) is 13.1. The summed E-state index contributed by atoms with van der Waals surface area (Å²) in [4.78, 5) is 65.0. The number of hydrogen-bond donors (Lipinski definition) is 5. The van der Waals surface area contributed by atoms with Crippen LogP contribution >= 0.6 is 0 Å². The quantitative estimate of drug-likeness (QED) is 0.0984. The minimum absolute atomic E-state index is 0.0108. The van der Waals surface area contributed by atoms with Crippen LogP contribution in [0.5, 0.6) is 17.2 Å². The molecule has 0 spiro atoms. The molecule has 9 atom stereocenters. The predicted molar refractivity (Wildman–Crippen MR) is 242 cm³/mol. The number of anilines is 2. The monoisotopic (exact) mass is 898 g/mol. The number of carbonyl (C=O) groups excluding carboxylic acids is 3. The zero-order valence-electron chi connectivity index (χ0n) is 38.3. The number of aromatic hydroxyl groups is 2. The van der Waals surface area contributed by atoms with Crippen molar-refractivity contribution >= 4 is 50.9 Å². The first kappa shape index (κ1) is 47.0. The van der Waals surface area contributed by atoms with Gasteiger partial charge in [-0.1, -0.05) is 45.9 Å². The minimum atomic E-state index is -2.08. The number of ether oxygens (including phenoxy) is 4. The van der Waals surface area contributed by atoms with Crippen molar-refractivity contribution in [1.29, 1.82) is 0 Å². The number of aliphatic hydroxyl groups excluding tert-OH is 2. The van der Waals surface area contributed by atoms with Crippen LogP contribution in [0.15, 0.2) is 57.5 Å². The third kappa shape index (κ3) is 8.53. The van der Waals surface area contributed by atoms with E-state index in [9.17, 15) is 39.6 Å². The minimum Gasteiger partial charge on any atom is -0.507 e. The first-order chi connectivity index (χ1) is 30.7. The summed E-state index contributed by atoms with van der Waals surface area (Å²) < 4.78 is 30.3. The molecule has 1 aliphatic carbocycles. The molecule has 0 saturated carbocycles. The number of fused-ring (bicyclic) bond motifs is 2. The van der Waals surface area contributed by atoms with Crippen molar-refractivity contribution in [1.82, 2.24) is 9.88 Å². The van der Waals surface area contributed by atoms with Crippen LogP contribution < -0.4 is 20.4 Å². The number of esters is 1. The van der Waals surface area contributed by atoms with E-state index < -0.39 is 82.7 Å². The molecule has 17 heteroatoms. The molecule has 5 aliphatic rings. The van der Waals surface area contributed by atoms with Crippen LogP contribution in [0.2, 0.25) is 0 Å². The molecule has 17 nitrogen and oxygen atoms in total. The lowest BCUT2D eigenvalue weighted by Crippen LogP contribution is -2.46. The molecule has 348 valence electrons. The summed E-state index contributed by atoms with van der Waals surface area (Å²) in [5.41, 5.74) is -0.674. The fraction of sp³-hybridized carbons (Fsp3) is 0.479. The van der Waals surface area contributed by atoms with E-state index in [-0.39, 0.29) is 67.2 Å². The summed E-state index contributed by atoms with van der Waals surface area (Å²) in [7, 11) is 3.46. The Hall–Kier alpha value is -6.01. The first-order valence-electron chi connectivity index (χ1n) is 21.8. The van der Waals surface area contributed by atoms with Gasteiger partial charge in [-0.3, -0.25) is 19.2 Å². The number of nitrogens with one attached hydrogen (secondary N) is 1. The van der Waals surface area contributed by atoms with E-state index in [1.807, 2.05) is 7.05 Å². The summed E-state index contributed by atoms with van der Waals surface area (Å²) >= 11 is 0. The lowest BCUT2D eigenvalue weighted by Gasteiger charge is -2.38. The third-order valence-electron chi connectivity index (χ3n) is 13.3. The predicted octanol–water partition coefficient (Wildman–Crippen LogP) is 5.41. The van der Waals surface area contributed by atoms with Crippen molar-refractivity contribution in [3.8, 4) is 28.7 Å². The highest BCUT2D eigenvalue weighted by molar-refractivity contribution is 6.22. The van der Waals surface area contributed by atoms with Crippen LogP contribution in [-0.4, -0.2) is 119 Å². The van der Waals surface area contributed by atoms with Gasteiger partial charge in [-0.2, -0.15) is 0 Å². The average Bonchev–Trinajstić information content (AvgIpc) is 3.54. The smallest absolute Gasteiger partial charge is 0.312 e. The topological polar surface area (TPSA) is 231 Å². The second kappa shape index (κ2) is 18.1. The number of likely N-dealkylation sites (N-methyl/N-ethyl adjacent to an activating group) is 1. The fourth-order valence-electron chi connectivity index (χ4n) is 9.12. The van der Waals surface area contributed by atoms with Crippen molar-refractivity contribution in [3.05, 3.63) is 69.6 Å². The van der Waals surface area contributed by atoms with Crippen molar-refractivity contribution in [2.45, 2.75) is 85.6 Å². The van der Waals surface area contributed by atoms with Gasteiger partial charge in [0, 0.05) is 105 Å². The molecular weight excluding hydrogens is 841 g/mol. The molecule has 2 aromatic carbocycles. The van der Waals surface area contributed by atoms with Crippen molar-refractivity contribution in [2.24, 2.45) is 23.7 Å². The lowest BCUT2D eigenvalue weighted by molar-refractivity contribution is -0.160. The van der Waals surface area contributed by atoms with E-state index in [2.05, 4.69) is 15.1 Å². The second-order valence-electron chi connectivity index (χ2n) is 17.8. The van der Waals surface area contributed by atoms with Gasteiger partial charge in [-0.05, 0) is 27.0 Å². The molecule has 0 aromatic heterocycles. The number of allylic oxidation sites excluding steroid dienone is 2. The van der Waals surface area contributed by atoms with Crippen LogP contribution in [0, 0.1) is 30.6 Å². The molecule has 0 unspecified atom stereocenters. The number of ketones is 1. The van der Waals surface area contributed by atoms with E-state index in [0.29, 0.717) is 18.8 Å². The first-order valence-corrected chi connectivity index (χ1v) is 21.8. The van der Waals surface area contributed by atoms with Gasteiger partial charge in [-0.25, -0.2) is 4.98 Å². The number of Topliss-reactive ketones (excluding diaryl/α,β-unsaturated/α-hetero) is 1. The molecular formula is C48H58N4O13. The van der Waals surface area contributed by atoms with Crippen LogP contribution in [0.25, 0.3) is 33.3 Å². The van der Waals surface area contributed by atoms with Gasteiger partial charge in [0.1, 0.15) is 40.3 Å². The van der Waals surface area contributed by atoms with E-state index in [1.54, 1.807) is 52.0 Å². The number of phenols is 2. The number of phenolic OH excluding ortho intramolecular Hbond substituents is 2. The molecule has 0 radical (unpaired) electrons. The van der Waals surface area contributed by atoms with Gasteiger partial charge in [0.15, 0.2) is 11.3 Å². The van der Waals surface area contributed by atoms with E-state index >= 15 is 0 Å². The molecule has 1 saturated heterocycles. The highest BCUT2D eigenvalue weighted by atomic mass is 16.7. The number of benzene rings is 3. The Morgan fingerprint density at radius 1 is 0.954 bits per heavy atom. The van der Waals surface area contributed by atoms with E-state index in [4.69, 9.17) is 28.3 Å². The number of methoxy groups -OCH3 is 1. The fourth-order valence-corrected chi connectivity index (χ4v) is 9.12.